The highest BCUT2D eigenvalue weighted by atomic mass is 16.2. The smallest absolute Gasteiger partial charge is 0.272 e. The Hall–Kier alpha value is -1.91. The second kappa shape index (κ2) is 9.28. The molecule has 0 unspecified atom stereocenters. The van der Waals surface area contributed by atoms with Gasteiger partial charge in [-0.15, -0.1) is 0 Å². The molecule has 0 aliphatic heterocycles. The number of hydrogen-bond acceptors (Lipinski definition) is 4. The van der Waals surface area contributed by atoms with E-state index in [1.165, 1.54) is 31.3 Å². The van der Waals surface area contributed by atoms with E-state index in [9.17, 15) is 4.79 Å². The molecule has 1 aromatic rings. The molecule has 1 aliphatic carbocycles. The van der Waals surface area contributed by atoms with Gasteiger partial charge >= 0.3 is 0 Å². The van der Waals surface area contributed by atoms with Crippen molar-refractivity contribution < 1.29 is 4.79 Å². The standard InChI is InChI=1S/C18H28N4O/c1-3-4-14-22(2)17(23)16-11-13-20-18(21-16)19-12-10-15-8-6-5-7-9-15/h8,11,13H,3-7,9-10,12,14H2,1-2H3,(H,19,20,21). The van der Waals surface area contributed by atoms with Crippen molar-refractivity contribution in [3.8, 4) is 0 Å². The molecule has 1 heterocycles. The summed E-state index contributed by atoms with van der Waals surface area (Å²) in [4.78, 5) is 22.6. The lowest BCUT2D eigenvalue weighted by molar-refractivity contribution is 0.0787. The molecule has 0 bridgehead atoms. The van der Waals surface area contributed by atoms with Crippen LogP contribution in [-0.2, 0) is 0 Å². The first-order valence-corrected chi connectivity index (χ1v) is 8.71. The number of nitrogens with zero attached hydrogens (tertiary/aromatic N) is 3. The Kier molecular flexibility index (Phi) is 7.04. The molecule has 1 amide bonds. The molecule has 5 nitrogen and oxygen atoms in total. The minimum absolute atomic E-state index is 0.0427. The van der Waals surface area contributed by atoms with E-state index in [2.05, 4.69) is 28.3 Å². The molecule has 126 valence electrons. The largest absolute Gasteiger partial charge is 0.354 e. The highest BCUT2D eigenvalue weighted by Crippen LogP contribution is 2.19. The van der Waals surface area contributed by atoms with Gasteiger partial charge in [-0.3, -0.25) is 4.79 Å². The molecule has 0 atom stereocenters. The number of allylic oxidation sites excluding steroid dienone is 1. The van der Waals surface area contributed by atoms with E-state index in [1.807, 2.05) is 7.05 Å². The van der Waals surface area contributed by atoms with E-state index in [0.29, 0.717) is 11.6 Å². The summed E-state index contributed by atoms with van der Waals surface area (Å²) in [7, 11) is 1.82. The molecule has 2 rings (SSSR count). The maximum absolute atomic E-state index is 12.3. The molecular formula is C18H28N4O. The van der Waals surface area contributed by atoms with Gasteiger partial charge in [0.25, 0.3) is 5.91 Å². The normalized spacial score (nSPS) is 14.3. The van der Waals surface area contributed by atoms with E-state index >= 15 is 0 Å². The van der Waals surface area contributed by atoms with Crippen LogP contribution < -0.4 is 5.32 Å². The predicted molar refractivity (Wildman–Crippen MR) is 93.6 cm³/mol. The third-order valence-electron chi connectivity index (χ3n) is 4.18. The third-order valence-corrected chi connectivity index (χ3v) is 4.18. The molecule has 1 aliphatic rings. The van der Waals surface area contributed by atoms with Crippen molar-refractivity contribution in [1.82, 2.24) is 14.9 Å². The van der Waals surface area contributed by atoms with Crippen molar-refractivity contribution in [3.63, 3.8) is 0 Å². The van der Waals surface area contributed by atoms with Crippen LogP contribution in [0, 0.1) is 0 Å². The fraction of sp³-hybridized carbons (Fsp3) is 0.611. The lowest BCUT2D eigenvalue weighted by Gasteiger charge is -2.16. The molecular weight excluding hydrogens is 288 g/mol. The van der Waals surface area contributed by atoms with E-state index in [0.717, 1.165) is 32.4 Å². The lowest BCUT2D eigenvalue weighted by atomic mass is 9.97. The number of rotatable bonds is 8. The van der Waals surface area contributed by atoms with Gasteiger partial charge in [0.2, 0.25) is 5.95 Å². The zero-order valence-electron chi connectivity index (χ0n) is 14.3. The van der Waals surface area contributed by atoms with Crippen molar-refractivity contribution in [1.29, 1.82) is 0 Å². The molecule has 0 radical (unpaired) electrons. The summed E-state index contributed by atoms with van der Waals surface area (Å²) in [6.07, 6.45) is 12.1. The van der Waals surface area contributed by atoms with Crippen LogP contribution in [0.3, 0.4) is 0 Å². The number of amides is 1. The number of carbonyl (C=O) groups excluding carboxylic acids is 1. The predicted octanol–water partition coefficient (Wildman–Crippen LogP) is 3.65. The first-order valence-electron chi connectivity index (χ1n) is 8.71. The zero-order chi connectivity index (χ0) is 16.5. The molecule has 1 aromatic heterocycles. The Bertz CT molecular complexity index is 542. The van der Waals surface area contributed by atoms with Gasteiger partial charge < -0.3 is 10.2 Å². The van der Waals surface area contributed by atoms with Gasteiger partial charge in [-0.25, -0.2) is 9.97 Å². The quantitative estimate of drug-likeness (QED) is 0.744. The minimum atomic E-state index is -0.0427. The Morgan fingerprint density at radius 2 is 2.26 bits per heavy atom. The summed E-state index contributed by atoms with van der Waals surface area (Å²) < 4.78 is 0. The van der Waals surface area contributed by atoms with E-state index in [1.54, 1.807) is 17.2 Å². The molecule has 0 spiro atoms. The summed E-state index contributed by atoms with van der Waals surface area (Å²) >= 11 is 0. The van der Waals surface area contributed by atoms with Gasteiger partial charge in [0, 0.05) is 26.3 Å². The average Bonchev–Trinajstić information content (AvgIpc) is 2.60. The summed E-state index contributed by atoms with van der Waals surface area (Å²) in [6.45, 7) is 3.69. The van der Waals surface area contributed by atoms with E-state index in [4.69, 9.17) is 0 Å². The van der Waals surface area contributed by atoms with Crippen LogP contribution in [0.25, 0.3) is 0 Å². The van der Waals surface area contributed by atoms with Gasteiger partial charge in [-0.05, 0) is 44.6 Å². The van der Waals surface area contributed by atoms with Crippen molar-refractivity contribution in [3.05, 3.63) is 29.6 Å². The topological polar surface area (TPSA) is 58.1 Å². The number of aromatic nitrogens is 2. The lowest BCUT2D eigenvalue weighted by Crippen LogP contribution is -2.28. The average molecular weight is 316 g/mol. The van der Waals surface area contributed by atoms with Crippen LogP contribution in [0.1, 0.15) is 62.4 Å². The minimum Gasteiger partial charge on any atom is -0.354 e. The second-order valence-corrected chi connectivity index (χ2v) is 6.13. The number of carbonyl (C=O) groups is 1. The molecule has 23 heavy (non-hydrogen) atoms. The van der Waals surface area contributed by atoms with Gasteiger partial charge in [0.05, 0.1) is 0 Å². The molecule has 0 saturated heterocycles. The van der Waals surface area contributed by atoms with Crippen LogP contribution in [0.2, 0.25) is 0 Å². The Balaban J connectivity index is 1.86. The Morgan fingerprint density at radius 3 is 3.00 bits per heavy atom. The van der Waals surface area contributed by atoms with Crippen LogP contribution >= 0.6 is 0 Å². The summed E-state index contributed by atoms with van der Waals surface area (Å²) in [5.74, 6) is 0.495. The van der Waals surface area contributed by atoms with Gasteiger partial charge in [-0.1, -0.05) is 25.0 Å². The first-order chi connectivity index (χ1) is 11.2. The van der Waals surface area contributed by atoms with Crippen molar-refractivity contribution in [2.45, 2.75) is 51.9 Å². The van der Waals surface area contributed by atoms with Crippen molar-refractivity contribution in [2.75, 3.05) is 25.5 Å². The van der Waals surface area contributed by atoms with Gasteiger partial charge in [-0.2, -0.15) is 0 Å². The third kappa shape index (κ3) is 5.66. The highest BCUT2D eigenvalue weighted by Gasteiger charge is 2.13. The number of unbranched alkanes of at least 4 members (excludes halogenated alkanes) is 1. The SMILES string of the molecule is CCCCN(C)C(=O)c1ccnc(NCCC2=CCCCC2)n1. The van der Waals surface area contributed by atoms with Gasteiger partial charge in [0.15, 0.2) is 0 Å². The van der Waals surface area contributed by atoms with Crippen LogP contribution in [0.5, 0.6) is 0 Å². The number of anilines is 1. The molecule has 0 saturated carbocycles. The molecule has 0 fully saturated rings. The maximum Gasteiger partial charge on any atom is 0.272 e. The second-order valence-electron chi connectivity index (χ2n) is 6.13. The Labute approximate surface area is 139 Å². The maximum atomic E-state index is 12.3. The fourth-order valence-electron chi connectivity index (χ4n) is 2.72. The van der Waals surface area contributed by atoms with E-state index < -0.39 is 0 Å². The van der Waals surface area contributed by atoms with Crippen molar-refractivity contribution >= 4 is 11.9 Å². The van der Waals surface area contributed by atoms with Crippen molar-refractivity contribution in [2.24, 2.45) is 0 Å². The van der Waals surface area contributed by atoms with Crippen LogP contribution in [-0.4, -0.2) is 40.9 Å². The monoisotopic (exact) mass is 316 g/mol. The van der Waals surface area contributed by atoms with Crippen LogP contribution in [0.15, 0.2) is 23.9 Å². The number of hydrogen-bond donors (Lipinski definition) is 1. The van der Waals surface area contributed by atoms with Gasteiger partial charge in [0.1, 0.15) is 5.69 Å². The highest BCUT2D eigenvalue weighted by molar-refractivity contribution is 5.92. The van der Waals surface area contributed by atoms with Crippen LogP contribution in [0.4, 0.5) is 5.95 Å². The van der Waals surface area contributed by atoms with E-state index in [-0.39, 0.29) is 5.91 Å². The summed E-state index contributed by atoms with van der Waals surface area (Å²) in [5.41, 5.74) is 1.98. The first kappa shape index (κ1) is 17.4. The molecule has 1 N–H and O–H groups in total. The molecule has 0 aromatic carbocycles. The Morgan fingerprint density at radius 1 is 1.39 bits per heavy atom. The summed E-state index contributed by atoms with van der Waals surface area (Å²) in [5, 5.41) is 3.24. The summed E-state index contributed by atoms with van der Waals surface area (Å²) in [6, 6.07) is 1.68. The fourth-order valence-corrected chi connectivity index (χ4v) is 2.72. The zero-order valence-corrected chi connectivity index (χ0v) is 14.3. The number of nitrogens with one attached hydrogen (secondary N) is 1. The molecule has 5 heteroatoms.